The monoisotopic (exact) mass is 303 g/mol. The second-order valence-electron chi connectivity index (χ2n) is 6.13. The molecule has 2 aromatic rings. The van der Waals surface area contributed by atoms with Gasteiger partial charge in [-0.15, -0.1) is 0 Å². The molecule has 3 rings (SSSR count). The van der Waals surface area contributed by atoms with Crippen molar-refractivity contribution in [2.45, 2.75) is 38.2 Å². The van der Waals surface area contributed by atoms with Gasteiger partial charge in [0.25, 0.3) is 0 Å². The molecule has 0 spiro atoms. The van der Waals surface area contributed by atoms with Crippen LogP contribution in [-0.2, 0) is 0 Å². The van der Waals surface area contributed by atoms with E-state index in [9.17, 15) is 9.90 Å². The molecule has 0 aliphatic heterocycles. The van der Waals surface area contributed by atoms with Gasteiger partial charge in [-0.3, -0.25) is 0 Å². The highest BCUT2D eigenvalue weighted by Crippen LogP contribution is 2.30. The Bertz CT molecular complexity index is 689. The van der Waals surface area contributed by atoms with Crippen molar-refractivity contribution in [1.29, 1.82) is 0 Å². The molecule has 1 heterocycles. The lowest BCUT2D eigenvalue weighted by molar-refractivity contribution is 0.0261. The average molecular weight is 303 g/mol. The molecule has 1 aliphatic rings. The molecule has 6 heteroatoms. The van der Waals surface area contributed by atoms with E-state index in [2.05, 4.69) is 10.3 Å². The van der Waals surface area contributed by atoms with Crippen molar-refractivity contribution in [3.8, 4) is 0 Å². The molecule has 1 aromatic carbocycles. The zero-order chi connectivity index (χ0) is 15.7. The first kappa shape index (κ1) is 14.8. The molecular formula is C16H21N3O3. The Balaban J connectivity index is 1.66. The predicted molar refractivity (Wildman–Crippen MR) is 83.8 cm³/mol. The molecule has 2 N–H and O–H groups in total. The van der Waals surface area contributed by atoms with Gasteiger partial charge in [0.2, 0.25) is 0 Å². The lowest BCUT2D eigenvalue weighted by atomic mass is 10.0. The highest BCUT2D eigenvalue weighted by atomic mass is 16.3. The second-order valence-corrected chi connectivity index (χ2v) is 6.13. The lowest BCUT2D eigenvalue weighted by Gasteiger charge is -2.28. The van der Waals surface area contributed by atoms with E-state index in [1.807, 2.05) is 6.07 Å². The molecule has 1 aliphatic carbocycles. The van der Waals surface area contributed by atoms with Crippen LogP contribution in [0.5, 0.6) is 0 Å². The number of aromatic nitrogens is 1. The maximum Gasteiger partial charge on any atom is 0.321 e. The zero-order valence-electron chi connectivity index (χ0n) is 12.9. The van der Waals surface area contributed by atoms with Crippen molar-refractivity contribution in [3.05, 3.63) is 24.1 Å². The molecule has 0 atom stereocenters. The third-order valence-electron chi connectivity index (χ3n) is 4.16. The highest BCUT2D eigenvalue weighted by molar-refractivity contribution is 5.91. The van der Waals surface area contributed by atoms with Crippen LogP contribution in [0, 0.1) is 6.92 Å². The lowest BCUT2D eigenvalue weighted by Crippen LogP contribution is -2.43. The van der Waals surface area contributed by atoms with Crippen molar-refractivity contribution >= 4 is 22.8 Å². The topological polar surface area (TPSA) is 78.6 Å². The van der Waals surface area contributed by atoms with Crippen molar-refractivity contribution in [2.75, 3.05) is 18.9 Å². The third kappa shape index (κ3) is 3.06. The van der Waals surface area contributed by atoms with E-state index in [0.29, 0.717) is 23.7 Å². The Morgan fingerprint density at radius 1 is 1.45 bits per heavy atom. The predicted octanol–water partition coefficient (Wildman–Crippen LogP) is 2.91. The van der Waals surface area contributed by atoms with Crippen molar-refractivity contribution in [1.82, 2.24) is 9.88 Å². The van der Waals surface area contributed by atoms with Gasteiger partial charge in [-0.1, -0.05) is 12.8 Å². The molecule has 0 unspecified atom stereocenters. The summed E-state index contributed by atoms with van der Waals surface area (Å²) in [6.45, 7) is 2.14. The minimum Gasteiger partial charge on any atom is -0.441 e. The van der Waals surface area contributed by atoms with E-state index in [-0.39, 0.29) is 6.03 Å². The van der Waals surface area contributed by atoms with E-state index in [4.69, 9.17) is 4.42 Å². The van der Waals surface area contributed by atoms with Crippen LogP contribution >= 0.6 is 0 Å². The smallest absolute Gasteiger partial charge is 0.321 e. The summed E-state index contributed by atoms with van der Waals surface area (Å²) in [5.41, 5.74) is 1.33. The first-order valence-corrected chi connectivity index (χ1v) is 7.57. The Hall–Kier alpha value is -2.08. The minimum absolute atomic E-state index is 0.240. The molecule has 0 radical (unpaired) electrons. The number of nitrogens with zero attached hydrogens (tertiary/aromatic N) is 2. The zero-order valence-corrected chi connectivity index (χ0v) is 12.9. The minimum atomic E-state index is -0.738. The molecule has 2 amide bonds. The van der Waals surface area contributed by atoms with Crippen LogP contribution in [0.15, 0.2) is 22.6 Å². The number of hydrogen-bond donors (Lipinski definition) is 2. The number of rotatable bonds is 3. The molecular weight excluding hydrogens is 282 g/mol. The maximum absolute atomic E-state index is 12.2. The van der Waals surface area contributed by atoms with Gasteiger partial charge in [-0.25, -0.2) is 9.78 Å². The van der Waals surface area contributed by atoms with E-state index in [1.165, 1.54) is 4.90 Å². The Morgan fingerprint density at radius 3 is 2.91 bits per heavy atom. The Labute approximate surface area is 129 Å². The number of hydrogen-bond acceptors (Lipinski definition) is 4. The van der Waals surface area contributed by atoms with Crippen LogP contribution in [0.3, 0.4) is 0 Å². The molecule has 0 bridgehead atoms. The first-order valence-electron chi connectivity index (χ1n) is 7.57. The van der Waals surface area contributed by atoms with Crippen molar-refractivity contribution in [2.24, 2.45) is 0 Å². The molecule has 118 valence electrons. The number of carbonyl (C=O) groups is 1. The van der Waals surface area contributed by atoms with Gasteiger partial charge in [0, 0.05) is 25.7 Å². The summed E-state index contributed by atoms with van der Waals surface area (Å²) in [5, 5.41) is 13.2. The quantitative estimate of drug-likeness (QED) is 0.914. The number of oxazole rings is 1. The first-order chi connectivity index (χ1) is 10.5. The number of anilines is 1. The third-order valence-corrected chi connectivity index (χ3v) is 4.16. The van der Waals surface area contributed by atoms with Gasteiger partial charge in [-0.05, 0) is 25.0 Å². The number of aryl methyl sites for hydroxylation is 1. The largest absolute Gasteiger partial charge is 0.441 e. The number of carbonyl (C=O) groups excluding carboxylic acids is 1. The number of fused-ring (bicyclic) bond motifs is 1. The molecule has 6 nitrogen and oxygen atoms in total. The molecule has 1 aromatic heterocycles. The summed E-state index contributed by atoms with van der Waals surface area (Å²) in [6, 6.07) is 5.12. The van der Waals surface area contributed by atoms with Gasteiger partial charge in [0.1, 0.15) is 5.52 Å². The number of aliphatic hydroxyl groups is 1. The fourth-order valence-corrected chi connectivity index (χ4v) is 3.04. The van der Waals surface area contributed by atoms with Crippen LogP contribution < -0.4 is 5.32 Å². The molecule has 1 saturated carbocycles. The van der Waals surface area contributed by atoms with Crippen LogP contribution in [0.1, 0.15) is 31.6 Å². The average Bonchev–Trinajstić information content (AvgIpc) is 3.03. The number of amides is 2. The highest BCUT2D eigenvalue weighted by Gasteiger charge is 2.33. The second kappa shape index (κ2) is 5.61. The van der Waals surface area contributed by atoms with E-state index < -0.39 is 5.60 Å². The Morgan fingerprint density at radius 2 is 2.18 bits per heavy atom. The Kier molecular flexibility index (Phi) is 3.78. The summed E-state index contributed by atoms with van der Waals surface area (Å²) < 4.78 is 5.46. The number of benzene rings is 1. The fraction of sp³-hybridized carbons (Fsp3) is 0.500. The van der Waals surface area contributed by atoms with Crippen LogP contribution in [-0.4, -0.2) is 40.2 Å². The SMILES string of the molecule is Cc1nc2ccc(NC(=O)N(C)CC3(O)CCCC3)cc2o1. The fourth-order valence-electron chi connectivity index (χ4n) is 3.04. The summed E-state index contributed by atoms with van der Waals surface area (Å²) >= 11 is 0. The van der Waals surface area contributed by atoms with Crippen LogP contribution in [0.25, 0.3) is 11.1 Å². The van der Waals surface area contributed by atoms with E-state index in [0.717, 1.165) is 31.2 Å². The van der Waals surface area contributed by atoms with Gasteiger partial charge in [-0.2, -0.15) is 0 Å². The summed E-state index contributed by atoms with van der Waals surface area (Å²) in [6.07, 6.45) is 3.56. The summed E-state index contributed by atoms with van der Waals surface area (Å²) in [7, 11) is 1.70. The summed E-state index contributed by atoms with van der Waals surface area (Å²) in [5.74, 6) is 0.596. The standard InChI is InChI=1S/C16H21N3O3/c1-11-17-13-6-5-12(9-14(13)22-11)18-15(20)19(2)10-16(21)7-3-4-8-16/h5-6,9,21H,3-4,7-8,10H2,1-2H3,(H,18,20). The van der Waals surface area contributed by atoms with Gasteiger partial charge in [0.05, 0.1) is 12.1 Å². The van der Waals surface area contributed by atoms with Gasteiger partial charge in [0.15, 0.2) is 11.5 Å². The van der Waals surface area contributed by atoms with E-state index in [1.54, 1.807) is 26.1 Å². The van der Waals surface area contributed by atoms with Gasteiger partial charge < -0.3 is 19.7 Å². The molecule has 1 fully saturated rings. The normalized spacial score (nSPS) is 16.9. The number of urea groups is 1. The van der Waals surface area contributed by atoms with E-state index >= 15 is 0 Å². The molecule has 0 saturated heterocycles. The maximum atomic E-state index is 12.2. The molecule has 22 heavy (non-hydrogen) atoms. The number of nitrogens with one attached hydrogen (secondary N) is 1. The van der Waals surface area contributed by atoms with Crippen molar-refractivity contribution < 1.29 is 14.3 Å². The van der Waals surface area contributed by atoms with Crippen molar-refractivity contribution in [3.63, 3.8) is 0 Å². The van der Waals surface area contributed by atoms with Crippen LogP contribution in [0.4, 0.5) is 10.5 Å². The summed E-state index contributed by atoms with van der Waals surface area (Å²) in [4.78, 5) is 18.0. The number of likely N-dealkylation sites (N-methyl/N-ethyl adjacent to an activating group) is 1. The van der Waals surface area contributed by atoms with Gasteiger partial charge >= 0.3 is 6.03 Å². The van der Waals surface area contributed by atoms with Crippen LogP contribution in [0.2, 0.25) is 0 Å².